The Hall–Kier alpha value is -2.34. The highest BCUT2D eigenvalue weighted by Gasteiger charge is 2.20. The summed E-state index contributed by atoms with van der Waals surface area (Å²) < 4.78 is 4.86. The molecule has 0 bridgehead atoms. The average Bonchev–Trinajstić information content (AvgIpc) is 2.51. The number of ether oxygens (including phenoxy) is 1. The topological polar surface area (TPSA) is 84.3 Å². The molecule has 2 rings (SSSR count). The molecular weight excluding hydrogens is 318 g/mol. The molecule has 0 aliphatic carbocycles. The zero-order valence-electron chi connectivity index (χ0n) is 12.9. The molecule has 2 aromatic rings. The van der Waals surface area contributed by atoms with Gasteiger partial charge in [0.1, 0.15) is 22.5 Å². The van der Waals surface area contributed by atoms with E-state index >= 15 is 0 Å². The Morgan fingerprint density at radius 2 is 2.04 bits per heavy atom. The lowest BCUT2D eigenvalue weighted by Crippen LogP contribution is -2.26. The molecule has 0 aliphatic rings. The summed E-state index contributed by atoms with van der Waals surface area (Å²) in [5.41, 5.74) is 0.928. The molecule has 1 unspecified atom stereocenters. The number of esters is 1. The molecule has 0 radical (unpaired) electrons. The normalized spacial score (nSPS) is 11.8. The minimum Gasteiger partial charge on any atom is -0.508 e. The summed E-state index contributed by atoms with van der Waals surface area (Å²) in [6.45, 7) is 2.09. The Balaban J connectivity index is 2.06. The number of hydrogen-bond acceptors (Lipinski definition) is 6. The van der Waals surface area contributed by atoms with Crippen molar-refractivity contribution >= 4 is 23.4 Å². The van der Waals surface area contributed by atoms with Crippen LogP contribution in [0.15, 0.2) is 30.3 Å². The van der Waals surface area contributed by atoms with Crippen molar-refractivity contribution in [2.75, 3.05) is 19.0 Å². The molecule has 1 atom stereocenters. The number of methoxy groups -OCH3 is 1. The van der Waals surface area contributed by atoms with Crippen LogP contribution in [0.25, 0.3) is 0 Å². The van der Waals surface area contributed by atoms with Crippen LogP contribution in [0.1, 0.15) is 11.4 Å². The highest BCUT2D eigenvalue weighted by atomic mass is 35.5. The Bertz CT molecular complexity index is 657. The van der Waals surface area contributed by atoms with Crippen LogP contribution < -0.4 is 5.32 Å². The summed E-state index contributed by atoms with van der Waals surface area (Å²) in [6.07, 6.45) is 0.484. The molecule has 1 aromatic carbocycles. The van der Waals surface area contributed by atoms with Crippen LogP contribution in [0.3, 0.4) is 0 Å². The van der Waals surface area contributed by atoms with Gasteiger partial charge in [0.15, 0.2) is 0 Å². The molecule has 0 amide bonds. The Morgan fingerprint density at radius 1 is 1.35 bits per heavy atom. The fraction of sp³-hybridized carbons (Fsp3) is 0.312. The first-order valence-corrected chi connectivity index (χ1v) is 7.46. The SMILES string of the molecule is COC(=O)C(CNc1cc(Cl)nc(C)n1)Cc1ccc(O)cc1. The van der Waals surface area contributed by atoms with Gasteiger partial charge in [-0.15, -0.1) is 0 Å². The summed E-state index contributed by atoms with van der Waals surface area (Å²) in [4.78, 5) is 20.2. The van der Waals surface area contributed by atoms with E-state index in [9.17, 15) is 9.90 Å². The molecular formula is C16H18ClN3O3. The molecule has 1 aromatic heterocycles. The number of phenols is 1. The maximum Gasteiger partial charge on any atom is 0.310 e. The van der Waals surface area contributed by atoms with E-state index in [1.165, 1.54) is 7.11 Å². The first kappa shape index (κ1) is 17.0. The maximum atomic E-state index is 12.0. The van der Waals surface area contributed by atoms with E-state index in [1.807, 2.05) is 0 Å². The number of nitrogens with one attached hydrogen (secondary N) is 1. The molecule has 23 heavy (non-hydrogen) atoms. The molecule has 122 valence electrons. The molecule has 0 saturated heterocycles. The molecule has 2 N–H and O–H groups in total. The summed E-state index contributed by atoms with van der Waals surface area (Å²) >= 11 is 5.89. The second-order valence-electron chi connectivity index (χ2n) is 5.09. The van der Waals surface area contributed by atoms with E-state index in [4.69, 9.17) is 16.3 Å². The van der Waals surface area contributed by atoms with Crippen molar-refractivity contribution in [3.05, 3.63) is 46.9 Å². The minimum atomic E-state index is -0.390. The van der Waals surface area contributed by atoms with Gasteiger partial charge in [0.2, 0.25) is 0 Å². The van der Waals surface area contributed by atoms with Crippen LogP contribution in [0, 0.1) is 12.8 Å². The minimum absolute atomic E-state index is 0.188. The molecule has 0 fully saturated rings. The van der Waals surface area contributed by atoms with E-state index in [2.05, 4.69) is 15.3 Å². The highest BCUT2D eigenvalue weighted by Crippen LogP contribution is 2.16. The van der Waals surface area contributed by atoms with Gasteiger partial charge in [-0.3, -0.25) is 4.79 Å². The summed E-state index contributed by atoms with van der Waals surface area (Å²) in [7, 11) is 1.36. The number of rotatable bonds is 6. The van der Waals surface area contributed by atoms with Crippen molar-refractivity contribution in [3.8, 4) is 5.75 Å². The van der Waals surface area contributed by atoms with Gasteiger partial charge in [-0.2, -0.15) is 0 Å². The second-order valence-corrected chi connectivity index (χ2v) is 5.48. The predicted molar refractivity (Wildman–Crippen MR) is 87.6 cm³/mol. The van der Waals surface area contributed by atoms with Gasteiger partial charge < -0.3 is 15.2 Å². The summed E-state index contributed by atoms with van der Waals surface area (Å²) in [5, 5.41) is 12.7. The molecule has 0 aliphatic heterocycles. The third-order valence-corrected chi connectivity index (χ3v) is 3.48. The summed E-state index contributed by atoms with van der Waals surface area (Å²) in [6, 6.07) is 8.33. The van der Waals surface area contributed by atoms with Crippen LogP contribution in [0.2, 0.25) is 5.15 Å². The maximum absolute atomic E-state index is 12.0. The van der Waals surface area contributed by atoms with Crippen LogP contribution in [-0.4, -0.2) is 34.7 Å². The lowest BCUT2D eigenvalue weighted by Gasteiger charge is -2.16. The number of aromatic hydroxyl groups is 1. The van der Waals surface area contributed by atoms with Gasteiger partial charge in [0.25, 0.3) is 0 Å². The van der Waals surface area contributed by atoms with Gasteiger partial charge in [-0.1, -0.05) is 23.7 Å². The van der Waals surface area contributed by atoms with Gasteiger partial charge in [-0.05, 0) is 31.0 Å². The standard InChI is InChI=1S/C16H18ClN3O3/c1-10-19-14(17)8-15(20-10)18-9-12(16(22)23-2)7-11-3-5-13(21)6-4-11/h3-6,8,12,21H,7,9H2,1-2H3,(H,18,19,20). The highest BCUT2D eigenvalue weighted by molar-refractivity contribution is 6.29. The predicted octanol–water partition coefficient (Wildman–Crippen LogP) is 2.59. The molecule has 6 nitrogen and oxygen atoms in total. The zero-order valence-corrected chi connectivity index (χ0v) is 13.7. The van der Waals surface area contributed by atoms with E-state index < -0.39 is 5.92 Å². The third kappa shape index (κ3) is 5.10. The lowest BCUT2D eigenvalue weighted by molar-refractivity contribution is -0.144. The smallest absolute Gasteiger partial charge is 0.310 e. The van der Waals surface area contributed by atoms with E-state index in [-0.39, 0.29) is 11.7 Å². The van der Waals surface area contributed by atoms with Crippen molar-refractivity contribution in [2.24, 2.45) is 5.92 Å². The van der Waals surface area contributed by atoms with Crippen LogP contribution in [0.5, 0.6) is 5.75 Å². The number of aryl methyl sites for hydroxylation is 1. The van der Waals surface area contributed by atoms with Gasteiger partial charge in [-0.25, -0.2) is 9.97 Å². The number of hydrogen-bond donors (Lipinski definition) is 2. The van der Waals surface area contributed by atoms with E-state index in [0.717, 1.165) is 5.56 Å². The molecule has 7 heteroatoms. The molecule has 0 saturated carbocycles. The number of aromatic nitrogens is 2. The van der Waals surface area contributed by atoms with Crippen molar-refractivity contribution in [2.45, 2.75) is 13.3 Å². The number of anilines is 1. The number of phenolic OH excluding ortho intramolecular Hbond substituents is 1. The van der Waals surface area contributed by atoms with Crippen molar-refractivity contribution in [1.82, 2.24) is 9.97 Å². The zero-order chi connectivity index (χ0) is 16.8. The second kappa shape index (κ2) is 7.78. The van der Waals surface area contributed by atoms with E-state index in [1.54, 1.807) is 37.3 Å². The van der Waals surface area contributed by atoms with Crippen molar-refractivity contribution < 1.29 is 14.6 Å². The van der Waals surface area contributed by atoms with Crippen LogP contribution in [-0.2, 0) is 16.0 Å². The van der Waals surface area contributed by atoms with Crippen molar-refractivity contribution in [1.29, 1.82) is 0 Å². The van der Waals surface area contributed by atoms with Crippen molar-refractivity contribution in [3.63, 3.8) is 0 Å². The Morgan fingerprint density at radius 3 is 2.65 bits per heavy atom. The third-order valence-electron chi connectivity index (χ3n) is 3.29. The van der Waals surface area contributed by atoms with Crippen LogP contribution >= 0.6 is 11.6 Å². The number of carbonyl (C=O) groups is 1. The number of halogens is 1. The monoisotopic (exact) mass is 335 g/mol. The Labute approximate surface area is 139 Å². The van der Waals surface area contributed by atoms with Gasteiger partial charge in [0.05, 0.1) is 13.0 Å². The largest absolute Gasteiger partial charge is 0.508 e. The quantitative estimate of drug-likeness (QED) is 0.623. The average molecular weight is 336 g/mol. The number of benzene rings is 1. The van der Waals surface area contributed by atoms with E-state index in [0.29, 0.717) is 29.8 Å². The first-order valence-electron chi connectivity index (χ1n) is 7.08. The fourth-order valence-corrected chi connectivity index (χ4v) is 2.40. The Kier molecular flexibility index (Phi) is 5.76. The number of nitrogens with zero attached hydrogens (tertiary/aromatic N) is 2. The number of carbonyl (C=O) groups excluding carboxylic acids is 1. The fourth-order valence-electron chi connectivity index (χ4n) is 2.17. The van der Waals surface area contributed by atoms with Gasteiger partial charge >= 0.3 is 5.97 Å². The molecule has 1 heterocycles. The first-order chi connectivity index (χ1) is 11.0. The van der Waals surface area contributed by atoms with Gasteiger partial charge in [0, 0.05) is 12.6 Å². The summed E-state index contributed by atoms with van der Waals surface area (Å²) in [5.74, 6) is 0.587. The lowest BCUT2D eigenvalue weighted by atomic mass is 9.99. The van der Waals surface area contributed by atoms with Crippen LogP contribution in [0.4, 0.5) is 5.82 Å². The molecule has 0 spiro atoms.